The van der Waals surface area contributed by atoms with Crippen LogP contribution in [0.3, 0.4) is 0 Å². The molecule has 0 radical (unpaired) electrons. The normalized spacial score (nSPS) is 24.6. The molecule has 1 aliphatic rings. The highest BCUT2D eigenvalue weighted by Gasteiger charge is 2.23. The second-order valence-electron chi connectivity index (χ2n) is 4.88. The van der Waals surface area contributed by atoms with Crippen LogP contribution < -0.4 is 9.64 Å². The number of hydrogen-bond donors (Lipinski definition) is 2. The van der Waals surface area contributed by atoms with E-state index in [4.69, 9.17) is 4.74 Å². The fourth-order valence-corrected chi connectivity index (χ4v) is 2.69. The second-order valence-corrected chi connectivity index (χ2v) is 4.88. The van der Waals surface area contributed by atoms with Gasteiger partial charge in [0.1, 0.15) is 12.3 Å². The van der Waals surface area contributed by atoms with Crippen LogP contribution in [0.25, 0.3) is 0 Å². The molecular formula is C14H22NO2+. The number of quaternary nitrogens is 1. The van der Waals surface area contributed by atoms with Gasteiger partial charge in [0.05, 0.1) is 26.8 Å². The number of aliphatic hydroxyl groups excluding tert-OH is 1. The van der Waals surface area contributed by atoms with E-state index in [0.717, 1.165) is 18.8 Å². The maximum atomic E-state index is 9.24. The van der Waals surface area contributed by atoms with Gasteiger partial charge in [-0.1, -0.05) is 12.1 Å². The summed E-state index contributed by atoms with van der Waals surface area (Å²) in [5.74, 6) is 1.46. The third-order valence-electron chi connectivity index (χ3n) is 3.61. The molecule has 1 aromatic rings. The summed E-state index contributed by atoms with van der Waals surface area (Å²) in [7, 11) is 1.72. The van der Waals surface area contributed by atoms with Crippen LogP contribution >= 0.6 is 0 Å². The van der Waals surface area contributed by atoms with E-state index in [1.54, 1.807) is 12.0 Å². The van der Waals surface area contributed by atoms with Crippen molar-refractivity contribution in [1.29, 1.82) is 0 Å². The molecule has 2 rings (SSSR count). The Morgan fingerprint density at radius 1 is 1.41 bits per heavy atom. The first kappa shape index (κ1) is 12.4. The van der Waals surface area contributed by atoms with Crippen molar-refractivity contribution in [1.82, 2.24) is 0 Å². The molecule has 94 valence electrons. The lowest BCUT2D eigenvalue weighted by Crippen LogP contribution is -3.12. The zero-order valence-corrected chi connectivity index (χ0v) is 10.5. The van der Waals surface area contributed by atoms with Gasteiger partial charge in [-0.25, -0.2) is 0 Å². The Morgan fingerprint density at radius 2 is 2.24 bits per heavy atom. The van der Waals surface area contributed by atoms with Crippen molar-refractivity contribution in [2.45, 2.75) is 19.4 Å². The Bertz CT molecular complexity index is 354. The number of methoxy groups -OCH3 is 1. The minimum Gasteiger partial charge on any atom is -0.496 e. The third-order valence-corrected chi connectivity index (χ3v) is 3.61. The number of likely N-dealkylation sites (tertiary alicyclic amines) is 1. The van der Waals surface area contributed by atoms with Crippen LogP contribution in [0.1, 0.15) is 18.4 Å². The van der Waals surface area contributed by atoms with E-state index < -0.39 is 0 Å². The molecule has 0 aliphatic carbocycles. The van der Waals surface area contributed by atoms with Crippen LogP contribution in [0, 0.1) is 5.92 Å². The molecule has 2 N–H and O–H groups in total. The summed E-state index contributed by atoms with van der Waals surface area (Å²) < 4.78 is 5.38. The number of para-hydroxylation sites is 1. The molecule has 3 nitrogen and oxygen atoms in total. The quantitative estimate of drug-likeness (QED) is 0.797. The summed E-state index contributed by atoms with van der Waals surface area (Å²) in [6.45, 7) is 3.61. The predicted molar refractivity (Wildman–Crippen MR) is 67.2 cm³/mol. The number of rotatable bonds is 4. The highest BCUT2D eigenvalue weighted by molar-refractivity contribution is 5.32. The van der Waals surface area contributed by atoms with Gasteiger partial charge in [-0.2, -0.15) is 0 Å². The third kappa shape index (κ3) is 3.20. The largest absolute Gasteiger partial charge is 0.496 e. The molecule has 1 aliphatic heterocycles. The molecule has 1 unspecified atom stereocenters. The molecule has 3 heteroatoms. The first-order valence-corrected chi connectivity index (χ1v) is 6.39. The maximum Gasteiger partial charge on any atom is 0.127 e. The minimum absolute atomic E-state index is 0.329. The molecule has 1 heterocycles. The van der Waals surface area contributed by atoms with Crippen molar-refractivity contribution in [3.05, 3.63) is 29.8 Å². The number of piperidine rings is 1. The van der Waals surface area contributed by atoms with Gasteiger partial charge in [-0.3, -0.25) is 0 Å². The highest BCUT2D eigenvalue weighted by atomic mass is 16.5. The number of hydrogen-bond acceptors (Lipinski definition) is 2. The average Bonchev–Trinajstić information content (AvgIpc) is 2.39. The standard InChI is InChI=1S/C14H21NO2/c1-17-14-7-3-2-6-13(14)10-15-8-4-5-12(9-15)11-16/h2-3,6-7,12,16H,4-5,8-11H2,1H3/p+1/t12-/m0/s1. The Kier molecular flexibility index (Phi) is 4.40. The summed E-state index contributed by atoms with van der Waals surface area (Å²) in [6.07, 6.45) is 2.39. The fraction of sp³-hybridized carbons (Fsp3) is 0.571. The average molecular weight is 236 g/mol. The SMILES string of the molecule is COc1ccccc1C[NH+]1CCC[C@H](CO)C1. The van der Waals surface area contributed by atoms with Crippen LogP contribution in [0.5, 0.6) is 5.75 Å². The smallest absolute Gasteiger partial charge is 0.127 e. The Hall–Kier alpha value is -1.06. The number of nitrogens with one attached hydrogen (secondary N) is 1. The van der Waals surface area contributed by atoms with E-state index in [1.807, 2.05) is 12.1 Å². The molecule has 0 amide bonds. The van der Waals surface area contributed by atoms with E-state index in [2.05, 4.69) is 12.1 Å². The monoisotopic (exact) mass is 236 g/mol. The highest BCUT2D eigenvalue weighted by Crippen LogP contribution is 2.16. The first-order valence-electron chi connectivity index (χ1n) is 6.39. The molecule has 0 bridgehead atoms. The molecule has 1 aromatic carbocycles. The molecule has 1 fully saturated rings. The van der Waals surface area contributed by atoms with Gasteiger partial charge in [0.25, 0.3) is 0 Å². The minimum atomic E-state index is 0.329. The first-order chi connectivity index (χ1) is 8.33. The van der Waals surface area contributed by atoms with Gasteiger partial charge in [0.2, 0.25) is 0 Å². The number of ether oxygens (including phenoxy) is 1. The summed E-state index contributed by atoms with van der Waals surface area (Å²) in [4.78, 5) is 1.56. The van der Waals surface area contributed by atoms with Gasteiger partial charge in [-0.05, 0) is 25.0 Å². The predicted octanol–water partition coefficient (Wildman–Crippen LogP) is 0.482. The van der Waals surface area contributed by atoms with Crippen molar-refractivity contribution in [2.75, 3.05) is 26.8 Å². The Labute approximate surface area is 103 Å². The van der Waals surface area contributed by atoms with Crippen molar-refractivity contribution in [3.8, 4) is 5.75 Å². The molecule has 0 saturated carbocycles. The van der Waals surface area contributed by atoms with Gasteiger partial charge in [0.15, 0.2) is 0 Å². The maximum absolute atomic E-state index is 9.24. The fourth-order valence-electron chi connectivity index (χ4n) is 2.69. The Morgan fingerprint density at radius 3 is 3.00 bits per heavy atom. The van der Waals surface area contributed by atoms with Crippen LogP contribution in [-0.2, 0) is 6.54 Å². The van der Waals surface area contributed by atoms with E-state index in [0.29, 0.717) is 12.5 Å². The van der Waals surface area contributed by atoms with Crippen molar-refractivity contribution >= 4 is 0 Å². The molecule has 0 spiro atoms. The summed E-state index contributed by atoms with van der Waals surface area (Å²) in [5, 5.41) is 9.24. The van der Waals surface area contributed by atoms with Crippen LogP contribution in [0.4, 0.5) is 0 Å². The summed E-state index contributed by atoms with van der Waals surface area (Å²) >= 11 is 0. The second kappa shape index (κ2) is 6.03. The lowest BCUT2D eigenvalue weighted by Gasteiger charge is -2.29. The molecule has 17 heavy (non-hydrogen) atoms. The van der Waals surface area contributed by atoms with Crippen LogP contribution in [0.15, 0.2) is 24.3 Å². The van der Waals surface area contributed by atoms with Crippen LogP contribution in [0.2, 0.25) is 0 Å². The molecule has 2 atom stereocenters. The molecule has 0 aromatic heterocycles. The van der Waals surface area contributed by atoms with E-state index in [1.165, 1.54) is 24.9 Å². The summed E-state index contributed by atoms with van der Waals surface area (Å²) in [5.41, 5.74) is 1.27. The van der Waals surface area contributed by atoms with E-state index in [-0.39, 0.29) is 0 Å². The van der Waals surface area contributed by atoms with E-state index >= 15 is 0 Å². The molecule has 1 saturated heterocycles. The van der Waals surface area contributed by atoms with Gasteiger partial charge >= 0.3 is 0 Å². The van der Waals surface area contributed by atoms with E-state index in [9.17, 15) is 5.11 Å². The molecular weight excluding hydrogens is 214 g/mol. The topological polar surface area (TPSA) is 33.9 Å². The zero-order chi connectivity index (χ0) is 12.1. The number of benzene rings is 1. The van der Waals surface area contributed by atoms with Gasteiger partial charge < -0.3 is 14.7 Å². The van der Waals surface area contributed by atoms with Crippen LogP contribution in [-0.4, -0.2) is 31.9 Å². The lowest BCUT2D eigenvalue weighted by atomic mass is 9.98. The van der Waals surface area contributed by atoms with Crippen molar-refractivity contribution < 1.29 is 14.7 Å². The van der Waals surface area contributed by atoms with Crippen molar-refractivity contribution in [3.63, 3.8) is 0 Å². The summed E-state index contributed by atoms with van der Waals surface area (Å²) in [6, 6.07) is 8.21. The lowest BCUT2D eigenvalue weighted by molar-refractivity contribution is -0.922. The van der Waals surface area contributed by atoms with Gasteiger partial charge in [0, 0.05) is 11.5 Å². The number of aliphatic hydroxyl groups is 1. The zero-order valence-electron chi connectivity index (χ0n) is 10.5. The Balaban J connectivity index is 2.00. The van der Waals surface area contributed by atoms with Gasteiger partial charge in [-0.15, -0.1) is 0 Å². The van der Waals surface area contributed by atoms with Crippen molar-refractivity contribution in [2.24, 2.45) is 5.92 Å².